The van der Waals surface area contributed by atoms with Crippen LogP contribution in [0.4, 0.5) is 0 Å². The van der Waals surface area contributed by atoms with E-state index in [0.29, 0.717) is 0 Å². The molecule has 0 spiro atoms. The summed E-state index contributed by atoms with van der Waals surface area (Å²) < 4.78 is 0. The molecule has 0 fully saturated rings. The summed E-state index contributed by atoms with van der Waals surface area (Å²) in [6, 6.07) is 73.5. The monoisotopic (exact) mass is 1240 g/mol. The maximum Gasteiger partial charge on any atom is 0.243 e. The van der Waals surface area contributed by atoms with E-state index in [1.165, 1.54) is 144 Å². The van der Waals surface area contributed by atoms with Crippen LogP contribution in [-0.4, -0.2) is 18.5 Å². The summed E-state index contributed by atoms with van der Waals surface area (Å²) in [6.07, 6.45) is 9.39. The van der Waals surface area contributed by atoms with E-state index in [4.69, 9.17) is 0 Å². The zero-order chi connectivity index (χ0) is 68.5. The van der Waals surface area contributed by atoms with Crippen LogP contribution in [0.2, 0.25) is 0 Å². The van der Waals surface area contributed by atoms with Crippen LogP contribution >= 0.6 is 0 Å². The van der Waals surface area contributed by atoms with Crippen molar-refractivity contribution in [2.45, 2.75) is 184 Å². The summed E-state index contributed by atoms with van der Waals surface area (Å²) in [5.41, 5.74) is 36.5. The van der Waals surface area contributed by atoms with Gasteiger partial charge in [0.2, 0.25) is 13.4 Å². The van der Waals surface area contributed by atoms with Crippen LogP contribution in [0.15, 0.2) is 194 Å². The van der Waals surface area contributed by atoms with Gasteiger partial charge in [-0.1, -0.05) is 368 Å². The molecule has 0 radical (unpaired) electrons. The Hall–Kier alpha value is -8.23. The fourth-order valence-corrected chi connectivity index (χ4v) is 14.3. The maximum atomic E-state index is 9.63. The van der Waals surface area contributed by atoms with Crippen molar-refractivity contribution >= 4 is 70.5 Å². The molecule has 2 aliphatic heterocycles. The molecule has 0 saturated heterocycles. The van der Waals surface area contributed by atoms with Gasteiger partial charge in [0.1, 0.15) is 0 Å². The van der Waals surface area contributed by atoms with Gasteiger partial charge in [0.05, 0.1) is 6.61 Å². The van der Waals surface area contributed by atoms with Crippen LogP contribution in [0, 0.1) is 20.8 Å². The Morgan fingerprint density at radius 2 is 0.463 bits per heavy atom. The number of benzene rings is 10. The number of hydrogen-bond donors (Lipinski definition) is 1. The van der Waals surface area contributed by atoms with Crippen LogP contribution in [0.1, 0.15) is 203 Å². The van der Waals surface area contributed by atoms with Crippen LogP contribution in [0.25, 0.3) is 68.8 Å². The average Bonchev–Trinajstić information content (AvgIpc) is 1.69. The zero-order valence-electron chi connectivity index (χ0n) is 61.1. The van der Waals surface area contributed by atoms with Gasteiger partial charge in [0.25, 0.3) is 0 Å². The lowest BCUT2D eigenvalue weighted by Gasteiger charge is -2.36. The molecule has 1 nitrogen and oxygen atoms in total. The van der Waals surface area contributed by atoms with Gasteiger partial charge in [-0.15, -0.1) is 0 Å². The third-order valence-electron chi connectivity index (χ3n) is 20.0. The van der Waals surface area contributed by atoms with Crippen molar-refractivity contribution in [2.24, 2.45) is 0 Å². The van der Waals surface area contributed by atoms with Crippen molar-refractivity contribution in [2.75, 3.05) is 0 Å². The van der Waals surface area contributed by atoms with Crippen molar-refractivity contribution in [3.8, 4) is 44.5 Å². The van der Waals surface area contributed by atoms with Crippen molar-refractivity contribution in [1.29, 1.82) is 0 Å². The first kappa shape index (κ1) is 68.2. The molecule has 0 aromatic heterocycles. The molecule has 0 aliphatic carbocycles. The van der Waals surface area contributed by atoms with Crippen LogP contribution in [0.3, 0.4) is 0 Å². The molecule has 0 saturated carbocycles. The molecule has 10 aromatic rings. The highest BCUT2D eigenvalue weighted by Crippen LogP contribution is 2.38. The number of hydrogen-bond acceptors (Lipinski definition) is 1. The predicted molar refractivity (Wildman–Crippen MR) is 420 cm³/mol. The van der Waals surface area contributed by atoms with Crippen molar-refractivity contribution in [3.63, 3.8) is 0 Å². The molecule has 2 aliphatic rings. The fraction of sp³-hybridized carbons (Fsp3) is 0.304. The van der Waals surface area contributed by atoms with E-state index in [1.54, 1.807) is 0 Å². The molecular formula is C92H102B2O. The molecule has 2 heterocycles. The Morgan fingerprint density at radius 1 is 0.253 bits per heavy atom. The Balaban J connectivity index is 0.000000193. The quantitative estimate of drug-likeness (QED) is 0.158. The van der Waals surface area contributed by atoms with Crippen molar-refractivity contribution in [3.05, 3.63) is 272 Å². The highest BCUT2D eigenvalue weighted by molar-refractivity contribution is 6.98. The minimum Gasteiger partial charge on any atom is -0.392 e. The lowest BCUT2D eigenvalue weighted by atomic mass is 9.33. The molecule has 0 atom stereocenters. The van der Waals surface area contributed by atoms with Gasteiger partial charge in [0.15, 0.2) is 0 Å². The second-order valence-electron chi connectivity index (χ2n) is 33.8. The normalized spacial score (nSPS) is 13.3. The second-order valence-corrected chi connectivity index (χ2v) is 33.8. The predicted octanol–water partition coefficient (Wildman–Crippen LogP) is 20.2. The molecule has 12 rings (SSSR count). The van der Waals surface area contributed by atoms with Crippen LogP contribution < -0.4 is 32.8 Å². The molecule has 0 amide bonds. The van der Waals surface area contributed by atoms with Gasteiger partial charge in [-0.05, 0) is 183 Å². The highest BCUT2D eigenvalue weighted by atomic mass is 16.3. The van der Waals surface area contributed by atoms with Gasteiger partial charge in [-0.3, -0.25) is 0 Å². The van der Waals surface area contributed by atoms with Crippen LogP contribution in [0.5, 0.6) is 0 Å². The van der Waals surface area contributed by atoms with E-state index in [9.17, 15) is 5.11 Å². The number of fused-ring (bicyclic) bond motifs is 4. The van der Waals surface area contributed by atoms with E-state index in [2.05, 4.69) is 352 Å². The molecule has 0 bridgehead atoms. The standard InChI is InChI=1S/C46H51BO.C46H51B/c1-30-11-15-32(16-12-30)34-21-23-41-36(25-34)19-20-37-26-35(33-17-13-31(29-48)14-18-33)22-24-42(37)47(41)43-39(45(5,6)7)27-38(44(2,3)4)28-40(43)46(8,9)10;1-30-12-16-32(17-13-30)34-22-24-41-36(26-34)20-21-37-27-35(33-18-14-31(2)15-19-33)23-25-42(37)47(41)43-39(45(6,7)8)28-38(44(3,4)5)29-40(43)46(9,10)11/h11-28,48H,29H2,1-10H3;12-29H,1-11H3. The van der Waals surface area contributed by atoms with Crippen LogP contribution in [-0.2, 0) is 39.1 Å². The summed E-state index contributed by atoms with van der Waals surface area (Å²) >= 11 is 0. The Bertz CT molecular complexity index is 4370. The van der Waals surface area contributed by atoms with Gasteiger partial charge in [-0.25, -0.2) is 0 Å². The molecular weight excluding hydrogens is 1140 g/mol. The summed E-state index contributed by atoms with van der Waals surface area (Å²) in [5.74, 6) is 0. The average molecular weight is 1250 g/mol. The first-order valence-electron chi connectivity index (χ1n) is 34.8. The van der Waals surface area contributed by atoms with Gasteiger partial charge in [0, 0.05) is 0 Å². The summed E-state index contributed by atoms with van der Waals surface area (Å²) in [4.78, 5) is 0. The number of aliphatic hydroxyl groups excluding tert-OH is 1. The number of rotatable bonds is 7. The summed E-state index contributed by atoms with van der Waals surface area (Å²) in [7, 11) is 0. The summed E-state index contributed by atoms with van der Waals surface area (Å²) in [6.45, 7) is 49.3. The first-order valence-corrected chi connectivity index (χ1v) is 34.8. The molecule has 1 N–H and O–H groups in total. The zero-order valence-corrected chi connectivity index (χ0v) is 61.1. The summed E-state index contributed by atoms with van der Waals surface area (Å²) in [5, 5.41) is 9.63. The molecule has 482 valence electrons. The van der Waals surface area contributed by atoms with Gasteiger partial charge < -0.3 is 5.11 Å². The number of aryl methyl sites for hydroxylation is 3. The maximum absolute atomic E-state index is 9.63. The van der Waals surface area contributed by atoms with Gasteiger partial charge >= 0.3 is 0 Å². The van der Waals surface area contributed by atoms with E-state index in [-0.39, 0.29) is 52.5 Å². The van der Waals surface area contributed by atoms with Crippen molar-refractivity contribution < 1.29 is 5.11 Å². The lowest BCUT2D eigenvalue weighted by molar-refractivity contribution is 0.282. The lowest BCUT2D eigenvalue weighted by Crippen LogP contribution is -2.58. The minimum atomic E-state index is -0.0626. The van der Waals surface area contributed by atoms with E-state index >= 15 is 0 Å². The topological polar surface area (TPSA) is 20.2 Å². The largest absolute Gasteiger partial charge is 0.392 e. The SMILES string of the molecule is Cc1ccc(-c2ccc3c(c2)C=Cc2cc(-c4ccc(C)cc4)ccc2B3c2c(C(C)(C)C)cc(C(C)(C)C)cc2C(C)(C)C)cc1.Cc1ccc(-c2ccc3c(c2)C=Cc2cc(-c4ccc(CO)cc4)ccc2B3c2c(C(C)(C)C)cc(C(C)(C)C)cc2C(C)(C)C)cc1. The molecule has 0 unspecified atom stereocenters. The smallest absolute Gasteiger partial charge is 0.243 e. The van der Waals surface area contributed by atoms with E-state index < -0.39 is 0 Å². The molecule has 3 heteroatoms. The molecule has 10 aromatic carbocycles. The third kappa shape index (κ3) is 14.5. The highest BCUT2D eigenvalue weighted by Gasteiger charge is 2.40. The second kappa shape index (κ2) is 25.7. The minimum absolute atomic E-state index is 0.0305. The van der Waals surface area contributed by atoms with E-state index in [1.807, 2.05) is 12.1 Å². The van der Waals surface area contributed by atoms with Gasteiger partial charge in [-0.2, -0.15) is 0 Å². The Morgan fingerprint density at radius 3 is 0.663 bits per heavy atom. The molecule has 95 heavy (non-hydrogen) atoms. The first-order chi connectivity index (χ1) is 44.5. The Labute approximate surface area is 573 Å². The third-order valence-corrected chi connectivity index (χ3v) is 20.0. The Kier molecular flexibility index (Phi) is 18.5. The fourth-order valence-electron chi connectivity index (χ4n) is 14.3. The van der Waals surface area contributed by atoms with Crippen molar-refractivity contribution in [1.82, 2.24) is 0 Å². The number of aliphatic hydroxyl groups is 1. The van der Waals surface area contributed by atoms with E-state index in [0.717, 1.165) is 11.1 Å².